The van der Waals surface area contributed by atoms with Gasteiger partial charge in [0.15, 0.2) is 0 Å². The summed E-state index contributed by atoms with van der Waals surface area (Å²) in [5.74, 6) is 0.0116. The minimum Gasteiger partial charge on any atom is -0.353 e. The molecule has 1 aliphatic carbocycles. The first kappa shape index (κ1) is 16.3. The molecule has 1 atom stereocenters. The molecule has 1 saturated carbocycles. The van der Waals surface area contributed by atoms with Crippen molar-refractivity contribution in [1.29, 1.82) is 0 Å². The zero-order chi connectivity index (χ0) is 16.2. The van der Waals surface area contributed by atoms with Gasteiger partial charge >= 0.3 is 0 Å². The maximum atomic E-state index is 12.7. The average molecular weight is 333 g/mol. The molecule has 2 aliphatic rings. The van der Waals surface area contributed by atoms with E-state index in [1.54, 1.807) is 11.1 Å². The predicted octanol–water partition coefficient (Wildman–Crippen LogP) is 2.75. The van der Waals surface area contributed by atoms with E-state index in [-0.39, 0.29) is 23.5 Å². The molecule has 2 heterocycles. The molecule has 2 amide bonds. The van der Waals surface area contributed by atoms with Crippen molar-refractivity contribution in [3.05, 3.63) is 18.3 Å². The van der Waals surface area contributed by atoms with E-state index >= 15 is 0 Å². The molecule has 0 aromatic carbocycles. The van der Waals surface area contributed by atoms with Crippen LogP contribution < -0.4 is 10.2 Å². The molecule has 5 nitrogen and oxygen atoms in total. The molecule has 0 spiro atoms. The first-order chi connectivity index (χ1) is 11.2. The Morgan fingerprint density at radius 2 is 2.22 bits per heavy atom. The van der Waals surface area contributed by atoms with Crippen molar-refractivity contribution in [2.24, 2.45) is 0 Å². The zero-order valence-corrected chi connectivity index (χ0v) is 14.3. The lowest BCUT2D eigenvalue weighted by Crippen LogP contribution is -2.44. The van der Waals surface area contributed by atoms with Crippen LogP contribution in [-0.2, 0) is 9.59 Å². The molecule has 6 heteroatoms. The molecule has 3 rings (SSSR count). The second-order valence-corrected chi connectivity index (χ2v) is 7.37. The third-order valence-electron chi connectivity index (χ3n) is 4.38. The average Bonchev–Trinajstić information content (AvgIpc) is 3.04. The van der Waals surface area contributed by atoms with Crippen LogP contribution in [0.4, 0.5) is 5.69 Å². The van der Waals surface area contributed by atoms with Crippen molar-refractivity contribution in [2.45, 2.75) is 61.8 Å². The molecule has 1 fully saturated rings. The van der Waals surface area contributed by atoms with Crippen molar-refractivity contribution >= 4 is 29.3 Å². The fourth-order valence-corrected chi connectivity index (χ4v) is 4.42. The van der Waals surface area contributed by atoms with Gasteiger partial charge < -0.3 is 10.2 Å². The third-order valence-corrected chi connectivity index (χ3v) is 5.57. The Kier molecular flexibility index (Phi) is 5.20. The number of pyridine rings is 1. The van der Waals surface area contributed by atoms with Crippen LogP contribution in [-0.4, -0.2) is 34.6 Å². The predicted molar refractivity (Wildman–Crippen MR) is 91.5 cm³/mol. The van der Waals surface area contributed by atoms with Gasteiger partial charge in [0, 0.05) is 25.2 Å². The first-order valence-corrected chi connectivity index (χ1v) is 9.29. The van der Waals surface area contributed by atoms with Gasteiger partial charge in [-0.1, -0.05) is 31.5 Å². The van der Waals surface area contributed by atoms with Gasteiger partial charge in [-0.25, -0.2) is 4.98 Å². The number of aromatic nitrogens is 1. The van der Waals surface area contributed by atoms with Gasteiger partial charge in [-0.2, -0.15) is 0 Å². The van der Waals surface area contributed by atoms with Crippen LogP contribution in [0.25, 0.3) is 0 Å². The molecule has 124 valence electrons. The SMILES string of the molecule is CCCN1C(=O)C(CC(=O)NC2CCCC2)Sc2ncccc21. The minimum atomic E-state index is -0.370. The molecule has 1 unspecified atom stereocenters. The maximum Gasteiger partial charge on any atom is 0.241 e. The summed E-state index contributed by atoms with van der Waals surface area (Å²) in [7, 11) is 0. The number of fused-ring (bicyclic) bond motifs is 1. The molecule has 23 heavy (non-hydrogen) atoms. The van der Waals surface area contributed by atoms with E-state index in [2.05, 4.69) is 10.3 Å². The molecular formula is C17H23N3O2S. The highest BCUT2D eigenvalue weighted by atomic mass is 32.2. The Hall–Kier alpha value is -1.56. The fraction of sp³-hybridized carbons (Fsp3) is 0.588. The third kappa shape index (κ3) is 3.68. The lowest BCUT2D eigenvalue weighted by molar-refractivity contribution is -0.125. The maximum absolute atomic E-state index is 12.7. The number of rotatable bonds is 5. The van der Waals surface area contributed by atoms with Crippen LogP contribution in [0.5, 0.6) is 0 Å². The van der Waals surface area contributed by atoms with Crippen LogP contribution >= 0.6 is 11.8 Å². The second-order valence-electron chi connectivity index (χ2n) is 6.18. The van der Waals surface area contributed by atoms with E-state index in [1.165, 1.54) is 24.6 Å². The zero-order valence-electron chi connectivity index (χ0n) is 13.5. The number of thioether (sulfide) groups is 1. The molecule has 1 aromatic rings. The number of hydrogen-bond donors (Lipinski definition) is 1. The second kappa shape index (κ2) is 7.34. The van der Waals surface area contributed by atoms with Gasteiger partial charge in [0.1, 0.15) is 5.03 Å². The molecule has 1 aromatic heterocycles. The number of carbonyl (C=O) groups is 2. The topological polar surface area (TPSA) is 62.3 Å². The highest BCUT2D eigenvalue weighted by Crippen LogP contribution is 2.38. The molecule has 1 N–H and O–H groups in total. The van der Waals surface area contributed by atoms with Crippen molar-refractivity contribution in [2.75, 3.05) is 11.4 Å². The van der Waals surface area contributed by atoms with Gasteiger partial charge in [-0.15, -0.1) is 0 Å². The Balaban J connectivity index is 1.70. The van der Waals surface area contributed by atoms with Crippen molar-refractivity contribution in [1.82, 2.24) is 10.3 Å². The van der Waals surface area contributed by atoms with E-state index in [4.69, 9.17) is 0 Å². The Bertz CT molecular complexity index is 587. The van der Waals surface area contributed by atoms with Crippen LogP contribution in [0, 0.1) is 0 Å². The summed E-state index contributed by atoms with van der Waals surface area (Å²) >= 11 is 1.42. The Morgan fingerprint density at radius 3 is 2.96 bits per heavy atom. The summed E-state index contributed by atoms with van der Waals surface area (Å²) in [6.45, 7) is 2.71. The molecule has 0 saturated heterocycles. The largest absolute Gasteiger partial charge is 0.353 e. The summed E-state index contributed by atoms with van der Waals surface area (Å²) < 4.78 is 0. The van der Waals surface area contributed by atoms with Gasteiger partial charge in [0.25, 0.3) is 0 Å². The lowest BCUT2D eigenvalue weighted by Gasteiger charge is -2.32. The number of hydrogen-bond acceptors (Lipinski definition) is 4. The molecule has 0 radical (unpaired) electrons. The summed E-state index contributed by atoms with van der Waals surface area (Å²) in [6.07, 6.45) is 7.34. The van der Waals surface area contributed by atoms with E-state index in [1.807, 2.05) is 19.1 Å². The highest BCUT2D eigenvalue weighted by molar-refractivity contribution is 8.00. The summed E-state index contributed by atoms with van der Waals surface area (Å²) in [4.78, 5) is 31.2. The number of carbonyl (C=O) groups excluding carboxylic acids is 2. The van der Waals surface area contributed by atoms with E-state index < -0.39 is 0 Å². The number of amides is 2. The van der Waals surface area contributed by atoms with E-state index in [0.717, 1.165) is 30.0 Å². The van der Waals surface area contributed by atoms with Crippen LogP contribution in [0.3, 0.4) is 0 Å². The quantitative estimate of drug-likeness (QED) is 0.900. The van der Waals surface area contributed by atoms with Gasteiger partial charge in [-0.3, -0.25) is 9.59 Å². The van der Waals surface area contributed by atoms with Crippen LogP contribution in [0.15, 0.2) is 23.4 Å². The fourth-order valence-electron chi connectivity index (χ4n) is 3.26. The van der Waals surface area contributed by atoms with Gasteiger partial charge in [0.2, 0.25) is 11.8 Å². The number of nitrogens with zero attached hydrogens (tertiary/aromatic N) is 2. The normalized spacial score (nSPS) is 21.3. The molecule has 0 bridgehead atoms. The number of nitrogens with one attached hydrogen (secondary N) is 1. The van der Waals surface area contributed by atoms with Gasteiger partial charge in [-0.05, 0) is 31.4 Å². The summed E-state index contributed by atoms with van der Waals surface area (Å²) in [6, 6.07) is 4.07. The summed E-state index contributed by atoms with van der Waals surface area (Å²) in [5, 5.41) is 3.55. The number of anilines is 1. The molecule has 1 aliphatic heterocycles. The van der Waals surface area contributed by atoms with E-state index in [9.17, 15) is 9.59 Å². The smallest absolute Gasteiger partial charge is 0.241 e. The standard InChI is InChI=1S/C17H23N3O2S/c1-2-10-20-13-8-5-9-18-16(13)23-14(17(20)22)11-15(21)19-12-6-3-4-7-12/h5,8-9,12,14H,2-4,6-7,10-11H2,1H3,(H,19,21). The molecular weight excluding hydrogens is 310 g/mol. The van der Waals surface area contributed by atoms with Crippen molar-refractivity contribution in [3.8, 4) is 0 Å². The van der Waals surface area contributed by atoms with Crippen LogP contribution in [0.1, 0.15) is 45.4 Å². The van der Waals surface area contributed by atoms with Gasteiger partial charge in [0.05, 0.1) is 10.9 Å². The Morgan fingerprint density at radius 1 is 1.43 bits per heavy atom. The highest BCUT2D eigenvalue weighted by Gasteiger charge is 2.35. The first-order valence-electron chi connectivity index (χ1n) is 8.41. The van der Waals surface area contributed by atoms with Crippen LogP contribution in [0.2, 0.25) is 0 Å². The Labute approximate surface area is 141 Å². The van der Waals surface area contributed by atoms with Crippen molar-refractivity contribution < 1.29 is 9.59 Å². The summed E-state index contributed by atoms with van der Waals surface area (Å²) in [5.41, 5.74) is 0.872. The lowest BCUT2D eigenvalue weighted by atomic mass is 10.2. The minimum absolute atomic E-state index is 0.0152. The van der Waals surface area contributed by atoms with Crippen molar-refractivity contribution in [3.63, 3.8) is 0 Å². The monoisotopic (exact) mass is 333 g/mol. The van der Waals surface area contributed by atoms with E-state index in [0.29, 0.717) is 12.6 Å².